The van der Waals surface area contributed by atoms with Crippen molar-refractivity contribution in [1.82, 2.24) is 0 Å². The molecule has 0 radical (unpaired) electrons. The summed E-state index contributed by atoms with van der Waals surface area (Å²) in [5.41, 5.74) is 5.72. The second-order valence-electron chi connectivity index (χ2n) is 8.81. The van der Waals surface area contributed by atoms with Gasteiger partial charge in [0.2, 0.25) is 0 Å². The average Bonchev–Trinajstić information content (AvgIpc) is 3.45. The summed E-state index contributed by atoms with van der Waals surface area (Å²) in [6.07, 6.45) is 2.14. The minimum absolute atomic E-state index is 0.558. The largest absolute Gasteiger partial charge is 0.432 e. The molecular weight excluding hydrogens is 356 g/mol. The molecule has 0 spiro atoms. The molecule has 3 aromatic carbocycles. The van der Waals surface area contributed by atoms with Gasteiger partial charge in [-0.25, -0.2) is 0 Å². The van der Waals surface area contributed by atoms with E-state index in [9.17, 15) is 4.80 Å². The van der Waals surface area contributed by atoms with Crippen molar-refractivity contribution in [3.05, 3.63) is 107 Å². The third-order valence-corrected chi connectivity index (χ3v) is 7.58. The van der Waals surface area contributed by atoms with Crippen LogP contribution in [0.4, 0.5) is 0 Å². The molecule has 2 heteroatoms. The van der Waals surface area contributed by atoms with Crippen molar-refractivity contribution in [3.8, 4) is 0 Å². The van der Waals surface area contributed by atoms with Gasteiger partial charge in [0.15, 0.2) is 8.32 Å². The summed E-state index contributed by atoms with van der Waals surface area (Å²) in [6, 6.07) is 32.1. The molecule has 1 aliphatic rings. The Morgan fingerprint density at radius 3 is 1.50 bits per heavy atom. The van der Waals surface area contributed by atoms with Gasteiger partial charge in [-0.1, -0.05) is 84.9 Å². The highest BCUT2D eigenvalue weighted by atomic mass is 28.4. The molecule has 1 N–H and O–H groups in total. The summed E-state index contributed by atoms with van der Waals surface area (Å²) in [5.74, 6) is 1.69. The van der Waals surface area contributed by atoms with E-state index in [0.29, 0.717) is 17.8 Å². The van der Waals surface area contributed by atoms with Gasteiger partial charge in [-0.2, -0.15) is 0 Å². The molecule has 0 aromatic heterocycles. The van der Waals surface area contributed by atoms with Crippen LogP contribution in [0, 0.1) is 0 Å². The van der Waals surface area contributed by atoms with Gasteiger partial charge in [0.05, 0.1) is 0 Å². The predicted molar refractivity (Wildman–Crippen MR) is 120 cm³/mol. The topological polar surface area (TPSA) is 20.2 Å². The number of rotatable bonds is 7. The lowest BCUT2D eigenvalue weighted by molar-refractivity contribution is 0.544. The van der Waals surface area contributed by atoms with Crippen LogP contribution in [0.25, 0.3) is 0 Å². The Morgan fingerprint density at radius 1 is 0.643 bits per heavy atom. The first kappa shape index (κ1) is 19.2. The minimum Gasteiger partial charge on any atom is -0.432 e. The van der Waals surface area contributed by atoms with Crippen LogP contribution in [0.1, 0.15) is 46.4 Å². The zero-order valence-electron chi connectivity index (χ0n) is 16.9. The van der Waals surface area contributed by atoms with Gasteiger partial charge >= 0.3 is 0 Å². The van der Waals surface area contributed by atoms with E-state index in [0.717, 1.165) is 18.9 Å². The number of aryl methyl sites for hydroxylation is 1. The Balaban J connectivity index is 1.51. The Morgan fingerprint density at radius 2 is 1.07 bits per heavy atom. The van der Waals surface area contributed by atoms with Crippen LogP contribution in [0.15, 0.2) is 84.9 Å². The first-order chi connectivity index (χ1) is 13.5. The third-order valence-electron chi connectivity index (χ3n) is 6.01. The highest BCUT2D eigenvalue weighted by Crippen LogP contribution is 2.66. The van der Waals surface area contributed by atoms with Crippen molar-refractivity contribution in [2.75, 3.05) is 0 Å². The lowest BCUT2D eigenvalue weighted by Crippen LogP contribution is -2.24. The van der Waals surface area contributed by atoms with Crippen molar-refractivity contribution in [3.63, 3.8) is 0 Å². The second kappa shape index (κ2) is 8.06. The molecule has 28 heavy (non-hydrogen) atoms. The van der Waals surface area contributed by atoms with E-state index in [1.807, 2.05) is 13.1 Å². The van der Waals surface area contributed by atoms with Crippen molar-refractivity contribution in [2.45, 2.75) is 49.7 Å². The second-order valence-corrected chi connectivity index (χ2v) is 12.9. The highest BCUT2D eigenvalue weighted by Gasteiger charge is 2.52. The zero-order valence-corrected chi connectivity index (χ0v) is 17.9. The number of hydrogen-bond acceptors (Lipinski definition) is 1. The Labute approximate surface area is 170 Å². The fourth-order valence-corrected chi connectivity index (χ4v) is 5.58. The predicted octanol–water partition coefficient (Wildman–Crippen LogP) is 6.48. The van der Waals surface area contributed by atoms with Crippen LogP contribution in [-0.4, -0.2) is 13.1 Å². The summed E-state index contributed by atoms with van der Waals surface area (Å²) in [5, 5.41) is 0. The van der Waals surface area contributed by atoms with E-state index < -0.39 is 8.32 Å². The molecule has 0 saturated heterocycles. The van der Waals surface area contributed by atoms with Gasteiger partial charge < -0.3 is 4.80 Å². The van der Waals surface area contributed by atoms with Gasteiger partial charge in [0.25, 0.3) is 0 Å². The molecule has 4 rings (SSSR count). The molecular formula is C26H30OSi. The molecule has 1 saturated carbocycles. The average molecular weight is 387 g/mol. The molecule has 1 fully saturated rings. The molecule has 0 bridgehead atoms. The van der Waals surface area contributed by atoms with Crippen LogP contribution in [-0.2, 0) is 6.42 Å². The summed E-state index contributed by atoms with van der Waals surface area (Å²) in [4.78, 5) is 10.0. The van der Waals surface area contributed by atoms with Gasteiger partial charge in [-0.15, -0.1) is 0 Å². The Hall–Kier alpha value is -2.16. The Kier molecular flexibility index (Phi) is 5.52. The van der Waals surface area contributed by atoms with E-state index >= 15 is 0 Å². The number of hydrogen-bond donors (Lipinski definition) is 1. The van der Waals surface area contributed by atoms with Gasteiger partial charge in [-0.3, -0.25) is 0 Å². The Bertz CT molecular complexity index is 836. The molecule has 144 valence electrons. The smallest absolute Gasteiger partial charge is 0.182 e. The first-order valence-electron chi connectivity index (χ1n) is 10.4. The van der Waals surface area contributed by atoms with E-state index in [-0.39, 0.29) is 0 Å². The molecule has 0 amide bonds. The zero-order chi connectivity index (χ0) is 19.6. The lowest BCUT2D eigenvalue weighted by atomic mass is 10.0. The van der Waals surface area contributed by atoms with Crippen molar-refractivity contribution in [2.24, 2.45) is 0 Å². The standard InChI is InChI=1S/C26H30OSi/c1-28(2,27)19-9-10-20-15-17-23(18-16-20)26-24(21-11-5-3-6-12-21)25(26)22-13-7-4-8-14-22/h3-8,11-18,24-27H,9-10,19H2,1-2H3. The van der Waals surface area contributed by atoms with E-state index in [1.54, 1.807) is 0 Å². The van der Waals surface area contributed by atoms with Crippen LogP contribution in [0.3, 0.4) is 0 Å². The van der Waals surface area contributed by atoms with Gasteiger partial charge in [-0.05, 0) is 72.0 Å². The van der Waals surface area contributed by atoms with E-state index in [4.69, 9.17) is 0 Å². The maximum atomic E-state index is 10.0. The third kappa shape index (κ3) is 4.45. The normalized spacial score (nSPS) is 21.5. The molecule has 2 atom stereocenters. The lowest BCUT2D eigenvalue weighted by Gasteiger charge is -2.13. The highest BCUT2D eigenvalue weighted by molar-refractivity contribution is 6.69. The molecule has 0 aliphatic heterocycles. The summed E-state index contributed by atoms with van der Waals surface area (Å²) in [7, 11) is -1.92. The van der Waals surface area contributed by atoms with Crippen LogP contribution in [0.5, 0.6) is 0 Å². The summed E-state index contributed by atoms with van der Waals surface area (Å²) >= 11 is 0. The maximum absolute atomic E-state index is 10.0. The molecule has 1 nitrogen and oxygen atoms in total. The van der Waals surface area contributed by atoms with Crippen molar-refractivity contribution >= 4 is 8.32 Å². The van der Waals surface area contributed by atoms with Crippen molar-refractivity contribution < 1.29 is 4.80 Å². The quantitative estimate of drug-likeness (QED) is 0.461. The van der Waals surface area contributed by atoms with Crippen LogP contribution in [0.2, 0.25) is 19.1 Å². The fraction of sp³-hybridized carbons (Fsp3) is 0.308. The summed E-state index contributed by atoms with van der Waals surface area (Å²) < 4.78 is 0. The van der Waals surface area contributed by atoms with E-state index in [1.165, 1.54) is 22.3 Å². The van der Waals surface area contributed by atoms with Crippen molar-refractivity contribution in [1.29, 1.82) is 0 Å². The monoisotopic (exact) mass is 386 g/mol. The molecule has 3 aromatic rings. The molecule has 0 heterocycles. The van der Waals surface area contributed by atoms with E-state index in [2.05, 4.69) is 84.9 Å². The van der Waals surface area contributed by atoms with Crippen LogP contribution >= 0.6 is 0 Å². The summed E-state index contributed by atoms with van der Waals surface area (Å²) in [6.45, 7) is 4.05. The van der Waals surface area contributed by atoms with Crippen LogP contribution < -0.4 is 0 Å². The minimum atomic E-state index is -1.92. The fourth-order valence-electron chi connectivity index (χ4n) is 4.54. The first-order valence-corrected chi connectivity index (χ1v) is 13.6. The molecule has 2 unspecified atom stereocenters. The SMILES string of the molecule is C[Si](C)(O)CCCc1ccc(C2C(c3ccccc3)C2c2ccccc2)cc1. The maximum Gasteiger partial charge on any atom is 0.182 e. The molecule has 1 aliphatic carbocycles. The van der Waals surface area contributed by atoms with Gasteiger partial charge in [0, 0.05) is 0 Å². The number of benzene rings is 3. The van der Waals surface area contributed by atoms with Gasteiger partial charge in [0.1, 0.15) is 0 Å².